The zero-order chi connectivity index (χ0) is 14.5. The van der Waals surface area contributed by atoms with Gasteiger partial charge in [0.15, 0.2) is 0 Å². The van der Waals surface area contributed by atoms with Crippen LogP contribution in [0.2, 0.25) is 0 Å². The predicted octanol–water partition coefficient (Wildman–Crippen LogP) is 1.22. The van der Waals surface area contributed by atoms with Crippen LogP contribution < -0.4 is 11.1 Å². The second-order valence-electron chi connectivity index (χ2n) is 6.31. The van der Waals surface area contributed by atoms with E-state index in [0.717, 1.165) is 0 Å². The first-order valence-corrected chi connectivity index (χ1v) is 6.30. The van der Waals surface area contributed by atoms with Gasteiger partial charge in [-0.3, -0.25) is 9.59 Å². The van der Waals surface area contributed by atoms with Gasteiger partial charge in [-0.1, -0.05) is 34.6 Å². The molecule has 0 saturated carbocycles. The number of hydrogen-bond acceptors (Lipinski definition) is 3. The third-order valence-electron chi connectivity index (χ3n) is 2.75. The fourth-order valence-electron chi connectivity index (χ4n) is 1.63. The molecule has 0 aromatic heterocycles. The van der Waals surface area contributed by atoms with Gasteiger partial charge in [-0.25, -0.2) is 0 Å². The standard InChI is InChI=1S/C13H26N2O3/c1-8(2)10(14)11(16)15-7-9(12(17)18)6-13(3,4)5/h8-10H,6-7,14H2,1-5H3,(H,15,16)(H,17,18)/t9?,10-/m1/s1. The number of nitrogens with two attached hydrogens (primary N) is 1. The number of carboxylic acids is 1. The summed E-state index contributed by atoms with van der Waals surface area (Å²) in [6.07, 6.45) is 0.513. The molecule has 2 atom stereocenters. The smallest absolute Gasteiger partial charge is 0.308 e. The van der Waals surface area contributed by atoms with Crippen LogP contribution in [0.3, 0.4) is 0 Å². The van der Waals surface area contributed by atoms with Crippen molar-refractivity contribution in [3.63, 3.8) is 0 Å². The Morgan fingerprint density at radius 1 is 1.28 bits per heavy atom. The van der Waals surface area contributed by atoms with Gasteiger partial charge in [0.1, 0.15) is 0 Å². The highest BCUT2D eigenvalue weighted by Crippen LogP contribution is 2.24. The molecule has 0 radical (unpaired) electrons. The molecule has 0 aliphatic heterocycles. The van der Waals surface area contributed by atoms with E-state index < -0.39 is 17.9 Å². The molecule has 0 saturated heterocycles. The first kappa shape index (κ1) is 16.9. The van der Waals surface area contributed by atoms with Crippen LogP contribution in [-0.4, -0.2) is 29.6 Å². The third-order valence-corrected chi connectivity index (χ3v) is 2.75. The number of rotatable bonds is 6. The van der Waals surface area contributed by atoms with E-state index >= 15 is 0 Å². The Morgan fingerprint density at radius 2 is 1.78 bits per heavy atom. The van der Waals surface area contributed by atoms with Crippen LogP contribution in [-0.2, 0) is 9.59 Å². The van der Waals surface area contributed by atoms with Crippen molar-refractivity contribution in [1.82, 2.24) is 5.32 Å². The molecule has 1 unspecified atom stereocenters. The lowest BCUT2D eigenvalue weighted by atomic mass is 9.84. The van der Waals surface area contributed by atoms with E-state index in [4.69, 9.17) is 10.8 Å². The average molecular weight is 258 g/mol. The summed E-state index contributed by atoms with van der Waals surface area (Å²) in [6.45, 7) is 9.77. The summed E-state index contributed by atoms with van der Waals surface area (Å²) >= 11 is 0. The molecule has 0 spiro atoms. The van der Waals surface area contributed by atoms with E-state index in [1.165, 1.54) is 0 Å². The van der Waals surface area contributed by atoms with E-state index in [-0.39, 0.29) is 23.8 Å². The number of amides is 1. The Labute approximate surface area is 109 Å². The van der Waals surface area contributed by atoms with Gasteiger partial charge in [0.05, 0.1) is 12.0 Å². The average Bonchev–Trinajstić information content (AvgIpc) is 2.20. The molecule has 18 heavy (non-hydrogen) atoms. The molecule has 5 nitrogen and oxygen atoms in total. The van der Waals surface area contributed by atoms with E-state index in [1.807, 2.05) is 34.6 Å². The van der Waals surface area contributed by atoms with Crippen molar-refractivity contribution in [3.8, 4) is 0 Å². The molecular weight excluding hydrogens is 232 g/mol. The number of nitrogens with one attached hydrogen (secondary N) is 1. The predicted molar refractivity (Wildman–Crippen MR) is 71.0 cm³/mol. The summed E-state index contributed by atoms with van der Waals surface area (Å²) in [5.41, 5.74) is 5.60. The van der Waals surface area contributed by atoms with Crippen molar-refractivity contribution < 1.29 is 14.7 Å². The van der Waals surface area contributed by atoms with Crippen molar-refractivity contribution in [3.05, 3.63) is 0 Å². The Kier molecular flexibility index (Phi) is 6.32. The van der Waals surface area contributed by atoms with Crippen molar-refractivity contribution in [1.29, 1.82) is 0 Å². The van der Waals surface area contributed by atoms with Crippen molar-refractivity contribution in [2.45, 2.75) is 47.1 Å². The van der Waals surface area contributed by atoms with Gasteiger partial charge in [0, 0.05) is 6.54 Å². The van der Waals surface area contributed by atoms with Gasteiger partial charge in [-0.2, -0.15) is 0 Å². The Morgan fingerprint density at radius 3 is 2.11 bits per heavy atom. The largest absolute Gasteiger partial charge is 0.481 e. The van der Waals surface area contributed by atoms with Gasteiger partial charge in [-0.15, -0.1) is 0 Å². The normalized spacial score (nSPS) is 15.3. The van der Waals surface area contributed by atoms with Crippen LogP contribution in [0.1, 0.15) is 41.0 Å². The molecule has 4 N–H and O–H groups in total. The van der Waals surface area contributed by atoms with E-state index in [0.29, 0.717) is 6.42 Å². The highest BCUT2D eigenvalue weighted by Gasteiger charge is 2.26. The van der Waals surface area contributed by atoms with Crippen molar-refractivity contribution in [2.75, 3.05) is 6.54 Å². The zero-order valence-corrected chi connectivity index (χ0v) is 12.0. The second-order valence-corrected chi connectivity index (χ2v) is 6.31. The summed E-state index contributed by atoms with van der Waals surface area (Å²) in [5, 5.41) is 11.7. The number of carbonyl (C=O) groups excluding carboxylic acids is 1. The summed E-state index contributed by atoms with van der Waals surface area (Å²) in [5.74, 6) is -1.71. The zero-order valence-electron chi connectivity index (χ0n) is 12.0. The van der Waals surface area contributed by atoms with E-state index in [9.17, 15) is 9.59 Å². The molecule has 0 bridgehead atoms. The van der Waals surface area contributed by atoms with Crippen LogP contribution in [0, 0.1) is 17.3 Å². The first-order chi connectivity index (χ1) is 8.04. The molecule has 5 heteroatoms. The summed E-state index contributed by atoms with van der Waals surface area (Å²) in [4.78, 5) is 22.8. The maximum Gasteiger partial charge on any atom is 0.308 e. The van der Waals surface area contributed by atoms with Crippen LogP contribution in [0.5, 0.6) is 0 Å². The summed E-state index contributed by atoms with van der Waals surface area (Å²) < 4.78 is 0. The number of aliphatic carboxylic acids is 1. The number of carboxylic acid groups (broad SMARTS) is 1. The maximum atomic E-state index is 11.6. The molecule has 0 aliphatic rings. The third kappa shape index (κ3) is 6.59. The minimum absolute atomic E-state index is 0.0379. The van der Waals surface area contributed by atoms with E-state index in [1.54, 1.807) is 0 Å². The van der Waals surface area contributed by atoms with Gasteiger partial charge >= 0.3 is 5.97 Å². The van der Waals surface area contributed by atoms with Crippen molar-refractivity contribution in [2.24, 2.45) is 23.0 Å². The summed E-state index contributed by atoms with van der Waals surface area (Å²) in [7, 11) is 0. The number of carbonyl (C=O) groups is 2. The van der Waals surface area contributed by atoms with Crippen molar-refractivity contribution >= 4 is 11.9 Å². The Hall–Kier alpha value is -1.10. The quantitative estimate of drug-likeness (QED) is 0.668. The second kappa shape index (κ2) is 6.73. The summed E-state index contributed by atoms with van der Waals surface area (Å²) in [6, 6.07) is -0.589. The highest BCUT2D eigenvalue weighted by atomic mass is 16.4. The number of hydrogen-bond donors (Lipinski definition) is 3. The van der Waals surface area contributed by atoms with Gasteiger partial charge in [0.2, 0.25) is 5.91 Å². The molecule has 1 amide bonds. The minimum Gasteiger partial charge on any atom is -0.481 e. The fourth-order valence-corrected chi connectivity index (χ4v) is 1.63. The lowest BCUT2D eigenvalue weighted by Crippen LogP contribution is -2.46. The molecule has 0 aliphatic carbocycles. The Balaban J connectivity index is 4.37. The van der Waals surface area contributed by atoms with Gasteiger partial charge < -0.3 is 16.2 Å². The van der Waals surface area contributed by atoms with Gasteiger partial charge in [0.25, 0.3) is 0 Å². The van der Waals surface area contributed by atoms with E-state index in [2.05, 4.69) is 5.32 Å². The lowest BCUT2D eigenvalue weighted by Gasteiger charge is -2.24. The SMILES string of the molecule is CC(C)[C@@H](N)C(=O)NCC(CC(C)(C)C)C(=O)O. The molecule has 0 heterocycles. The highest BCUT2D eigenvalue weighted by molar-refractivity contribution is 5.82. The van der Waals surface area contributed by atoms with Gasteiger partial charge in [-0.05, 0) is 17.8 Å². The van der Waals surface area contributed by atoms with Crippen LogP contribution in [0.25, 0.3) is 0 Å². The molecule has 0 fully saturated rings. The molecule has 0 aromatic rings. The van der Waals surface area contributed by atoms with Crippen LogP contribution in [0.4, 0.5) is 0 Å². The first-order valence-electron chi connectivity index (χ1n) is 6.30. The monoisotopic (exact) mass is 258 g/mol. The fraction of sp³-hybridized carbons (Fsp3) is 0.846. The molecule has 0 rings (SSSR count). The minimum atomic E-state index is -0.886. The van der Waals surface area contributed by atoms with Crippen LogP contribution >= 0.6 is 0 Å². The lowest BCUT2D eigenvalue weighted by molar-refractivity contribution is -0.142. The maximum absolute atomic E-state index is 11.6. The molecule has 0 aromatic carbocycles. The topological polar surface area (TPSA) is 92.4 Å². The van der Waals surface area contributed by atoms with Crippen LogP contribution in [0.15, 0.2) is 0 Å². The molecular formula is C13H26N2O3. The molecule has 106 valence electrons. The Bertz CT molecular complexity index is 295.